The maximum atomic E-state index is 13.1. The molecule has 0 atom stereocenters. The standard InChI is InChI=1S/C27H28Br2N2O4S/c1-27(2,26(34)35)14-19-20(28)13-18(23(32)22(19)29)21-15-36-24(30-21)25(33)31-10-8-17(9-11-31)12-16-6-4-3-5-7-16/h3-7,13,15,17,32H,8-12,14H2,1-2H3,(H,34,35). The summed E-state index contributed by atoms with van der Waals surface area (Å²) in [7, 11) is 0. The Bertz CT molecular complexity index is 1270. The van der Waals surface area contributed by atoms with Crippen LogP contribution in [0.5, 0.6) is 5.75 Å². The van der Waals surface area contributed by atoms with Crippen LogP contribution in [0.25, 0.3) is 11.3 Å². The summed E-state index contributed by atoms with van der Waals surface area (Å²) < 4.78 is 1.08. The van der Waals surface area contributed by atoms with Crippen LogP contribution in [0.3, 0.4) is 0 Å². The third kappa shape index (κ3) is 5.84. The molecule has 0 spiro atoms. The van der Waals surface area contributed by atoms with E-state index in [9.17, 15) is 19.8 Å². The van der Waals surface area contributed by atoms with Gasteiger partial charge >= 0.3 is 5.97 Å². The Hall–Kier alpha value is -2.23. The molecule has 2 N–H and O–H groups in total. The fourth-order valence-electron chi connectivity index (χ4n) is 4.44. The van der Waals surface area contributed by atoms with E-state index in [1.54, 1.807) is 25.3 Å². The molecular formula is C27H28Br2N2O4S. The van der Waals surface area contributed by atoms with Gasteiger partial charge in [0.25, 0.3) is 5.91 Å². The molecule has 1 amide bonds. The second-order valence-corrected chi connectivity index (χ2v) is 12.4. The normalized spacial score (nSPS) is 14.7. The van der Waals surface area contributed by atoms with Gasteiger partial charge in [-0.05, 0) is 78.6 Å². The lowest BCUT2D eigenvalue weighted by Crippen LogP contribution is -2.38. The zero-order valence-electron chi connectivity index (χ0n) is 20.1. The van der Waals surface area contributed by atoms with Gasteiger partial charge in [0.15, 0.2) is 5.01 Å². The van der Waals surface area contributed by atoms with Crippen LogP contribution < -0.4 is 0 Å². The number of nitrogens with zero attached hydrogens (tertiary/aromatic N) is 2. The molecule has 4 rings (SSSR count). The molecule has 6 nitrogen and oxygen atoms in total. The molecule has 190 valence electrons. The lowest BCUT2D eigenvalue weighted by Gasteiger charge is -2.31. The number of carbonyl (C=O) groups is 2. The van der Waals surface area contributed by atoms with Crippen LogP contribution in [0.2, 0.25) is 0 Å². The maximum absolute atomic E-state index is 13.1. The molecule has 1 fully saturated rings. The summed E-state index contributed by atoms with van der Waals surface area (Å²) in [4.78, 5) is 31.1. The van der Waals surface area contributed by atoms with Crippen LogP contribution in [0.1, 0.15) is 47.6 Å². The van der Waals surface area contributed by atoms with E-state index in [1.165, 1.54) is 16.9 Å². The fraction of sp³-hybridized carbons (Fsp3) is 0.370. The first-order valence-corrected chi connectivity index (χ1v) is 14.3. The molecule has 0 unspecified atom stereocenters. The number of hydrogen-bond donors (Lipinski definition) is 2. The first-order chi connectivity index (χ1) is 17.1. The van der Waals surface area contributed by atoms with Crippen molar-refractivity contribution in [3.63, 3.8) is 0 Å². The number of phenols is 1. The number of carboxylic acid groups (broad SMARTS) is 1. The van der Waals surface area contributed by atoms with Crippen LogP contribution in [0.4, 0.5) is 0 Å². The van der Waals surface area contributed by atoms with Crippen molar-refractivity contribution in [2.24, 2.45) is 11.3 Å². The van der Waals surface area contributed by atoms with E-state index in [4.69, 9.17) is 0 Å². The highest BCUT2D eigenvalue weighted by molar-refractivity contribution is 9.11. The number of benzene rings is 2. The third-order valence-corrected chi connectivity index (χ3v) is 9.11. The van der Waals surface area contributed by atoms with Gasteiger partial charge in [-0.2, -0.15) is 0 Å². The zero-order chi connectivity index (χ0) is 26.0. The number of piperidine rings is 1. The fourth-order valence-corrected chi connectivity index (χ4v) is 6.63. The van der Waals surface area contributed by atoms with Crippen LogP contribution in [-0.2, 0) is 17.6 Å². The molecule has 0 aliphatic carbocycles. The topological polar surface area (TPSA) is 90.7 Å². The monoisotopic (exact) mass is 634 g/mol. The molecule has 3 aromatic rings. The molecule has 0 saturated carbocycles. The van der Waals surface area contributed by atoms with E-state index < -0.39 is 11.4 Å². The number of carbonyl (C=O) groups excluding carboxylic acids is 1. The summed E-state index contributed by atoms with van der Waals surface area (Å²) in [5.41, 5.74) is 1.97. The van der Waals surface area contributed by atoms with Crippen molar-refractivity contribution in [1.82, 2.24) is 9.88 Å². The Balaban J connectivity index is 1.46. The molecule has 0 bridgehead atoms. The second kappa shape index (κ2) is 11.0. The summed E-state index contributed by atoms with van der Waals surface area (Å²) in [5, 5.41) is 22.5. The van der Waals surface area contributed by atoms with Crippen LogP contribution in [-0.4, -0.2) is 45.1 Å². The van der Waals surface area contributed by atoms with Crippen molar-refractivity contribution in [2.75, 3.05) is 13.1 Å². The molecule has 2 heterocycles. The predicted octanol–water partition coefficient (Wildman–Crippen LogP) is 6.79. The van der Waals surface area contributed by atoms with E-state index in [0.717, 1.165) is 19.3 Å². The van der Waals surface area contributed by atoms with E-state index in [1.807, 2.05) is 11.0 Å². The summed E-state index contributed by atoms with van der Waals surface area (Å²) in [5.74, 6) is -0.460. The maximum Gasteiger partial charge on any atom is 0.309 e. The average molecular weight is 636 g/mol. The van der Waals surface area contributed by atoms with E-state index in [0.29, 0.717) is 49.8 Å². The first-order valence-electron chi connectivity index (χ1n) is 11.8. The Morgan fingerprint density at radius 2 is 1.83 bits per heavy atom. The van der Waals surface area contributed by atoms with E-state index >= 15 is 0 Å². The van der Waals surface area contributed by atoms with Gasteiger partial charge in [0.05, 0.1) is 15.6 Å². The highest BCUT2D eigenvalue weighted by atomic mass is 79.9. The Kier molecular flexibility index (Phi) is 8.22. The minimum atomic E-state index is -1.01. The molecular weight excluding hydrogens is 608 g/mol. The lowest BCUT2D eigenvalue weighted by atomic mass is 9.85. The molecule has 0 radical (unpaired) electrons. The van der Waals surface area contributed by atoms with E-state index in [-0.39, 0.29) is 18.1 Å². The molecule has 36 heavy (non-hydrogen) atoms. The van der Waals surface area contributed by atoms with Gasteiger partial charge in [-0.1, -0.05) is 46.3 Å². The number of likely N-dealkylation sites (tertiary alicyclic amines) is 1. The molecule has 1 aromatic heterocycles. The van der Waals surface area contributed by atoms with Crippen LogP contribution >= 0.6 is 43.2 Å². The zero-order valence-corrected chi connectivity index (χ0v) is 24.1. The minimum absolute atomic E-state index is 0.0274. The Morgan fingerprint density at radius 3 is 2.47 bits per heavy atom. The molecule has 1 aliphatic rings. The van der Waals surface area contributed by atoms with Gasteiger partial charge in [-0.25, -0.2) is 4.98 Å². The van der Waals surface area contributed by atoms with Crippen LogP contribution in [0.15, 0.2) is 50.7 Å². The van der Waals surface area contributed by atoms with Crippen molar-refractivity contribution in [3.05, 3.63) is 66.9 Å². The number of rotatable bonds is 7. The van der Waals surface area contributed by atoms with E-state index in [2.05, 4.69) is 61.1 Å². The van der Waals surface area contributed by atoms with Gasteiger partial charge in [0.2, 0.25) is 0 Å². The summed E-state index contributed by atoms with van der Waals surface area (Å²) in [6.45, 7) is 4.70. The average Bonchev–Trinajstić information content (AvgIpc) is 3.35. The van der Waals surface area contributed by atoms with Crippen molar-refractivity contribution in [2.45, 2.75) is 39.5 Å². The second-order valence-electron chi connectivity index (χ2n) is 9.88. The first kappa shape index (κ1) is 26.8. The number of aromatic hydroxyl groups is 1. The number of halogens is 2. The number of aromatic nitrogens is 1. The number of amides is 1. The number of aliphatic carboxylic acids is 1. The van der Waals surface area contributed by atoms with Crippen molar-refractivity contribution >= 4 is 55.1 Å². The minimum Gasteiger partial charge on any atom is -0.506 e. The van der Waals surface area contributed by atoms with Gasteiger partial charge in [0.1, 0.15) is 5.75 Å². The third-order valence-electron chi connectivity index (χ3n) is 6.72. The molecule has 1 aliphatic heterocycles. The van der Waals surface area contributed by atoms with Crippen LogP contribution in [0, 0.1) is 11.3 Å². The number of carboxylic acids is 1. The largest absolute Gasteiger partial charge is 0.506 e. The lowest BCUT2D eigenvalue weighted by molar-refractivity contribution is -0.146. The number of thiazole rings is 1. The predicted molar refractivity (Wildman–Crippen MR) is 149 cm³/mol. The smallest absolute Gasteiger partial charge is 0.309 e. The highest BCUT2D eigenvalue weighted by Crippen LogP contribution is 2.44. The molecule has 9 heteroatoms. The number of hydrogen-bond acceptors (Lipinski definition) is 5. The van der Waals surface area contributed by atoms with Crippen molar-refractivity contribution < 1.29 is 19.8 Å². The van der Waals surface area contributed by atoms with Gasteiger partial charge in [0, 0.05) is 28.5 Å². The quantitative estimate of drug-likeness (QED) is 0.298. The van der Waals surface area contributed by atoms with Gasteiger partial charge in [-0.3, -0.25) is 9.59 Å². The van der Waals surface area contributed by atoms with Crippen molar-refractivity contribution in [3.8, 4) is 17.0 Å². The summed E-state index contributed by atoms with van der Waals surface area (Å²) >= 11 is 8.23. The Morgan fingerprint density at radius 1 is 1.17 bits per heavy atom. The number of phenolic OH excluding ortho intramolecular Hbond substituents is 1. The molecule has 1 saturated heterocycles. The molecule has 2 aromatic carbocycles. The highest BCUT2D eigenvalue weighted by Gasteiger charge is 2.31. The Labute approximate surface area is 231 Å². The van der Waals surface area contributed by atoms with Gasteiger partial charge in [-0.15, -0.1) is 11.3 Å². The summed E-state index contributed by atoms with van der Waals surface area (Å²) in [6, 6.07) is 12.2. The van der Waals surface area contributed by atoms with Crippen molar-refractivity contribution in [1.29, 1.82) is 0 Å². The van der Waals surface area contributed by atoms with Gasteiger partial charge < -0.3 is 15.1 Å². The summed E-state index contributed by atoms with van der Waals surface area (Å²) in [6.07, 6.45) is 3.19. The SMILES string of the molecule is CC(C)(Cc1c(Br)cc(-c2csc(C(=O)N3CCC(Cc4ccccc4)CC3)n2)c(O)c1Br)C(=O)O.